The fourth-order valence-electron chi connectivity index (χ4n) is 2.27. The van der Waals surface area contributed by atoms with Crippen molar-refractivity contribution in [1.82, 2.24) is 18.7 Å². The van der Waals surface area contributed by atoms with Gasteiger partial charge in [0.05, 0.1) is 6.33 Å². The molecule has 9 nitrogen and oxygen atoms in total. The van der Waals surface area contributed by atoms with Crippen LogP contribution < -0.4 is 11.2 Å². The maximum Gasteiger partial charge on any atom is 0.694 e. The molecule has 0 aromatic carbocycles. The number of nitrogens with zero attached hydrogens (tertiary/aromatic N) is 4. The molecule has 0 saturated carbocycles. The van der Waals surface area contributed by atoms with E-state index < -0.39 is 13.9 Å². The predicted molar refractivity (Wildman–Crippen MR) is 79.9 cm³/mol. The molecule has 0 amide bonds. The van der Waals surface area contributed by atoms with E-state index in [9.17, 15) is 14.2 Å². The van der Waals surface area contributed by atoms with Crippen LogP contribution in [0.25, 0.3) is 11.2 Å². The molecule has 2 aromatic heterocycles. The molecule has 0 radical (unpaired) electrons. The van der Waals surface area contributed by atoms with Gasteiger partial charge >= 0.3 is 13.9 Å². The van der Waals surface area contributed by atoms with Crippen LogP contribution in [-0.4, -0.2) is 30.2 Å². The van der Waals surface area contributed by atoms with Crippen molar-refractivity contribution in [2.24, 2.45) is 7.05 Å². The molecule has 0 spiro atoms. The zero-order chi connectivity index (χ0) is 16.3. The minimum atomic E-state index is -2.61. The Labute approximate surface area is 126 Å². The van der Waals surface area contributed by atoms with Gasteiger partial charge < -0.3 is 4.57 Å². The van der Waals surface area contributed by atoms with Gasteiger partial charge in [0.1, 0.15) is 6.61 Å². The van der Waals surface area contributed by atoms with Gasteiger partial charge in [-0.15, -0.1) is 9.42 Å². The Hall–Kier alpha value is -1.83. The van der Waals surface area contributed by atoms with Crippen LogP contribution in [0.3, 0.4) is 0 Å². The van der Waals surface area contributed by atoms with Crippen molar-refractivity contribution in [2.75, 3.05) is 6.61 Å². The molecule has 0 aliphatic carbocycles. The van der Waals surface area contributed by atoms with E-state index in [2.05, 4.69) is 9.51 Å². The second kappa shape index (κ2) is 6.95. The molecule has 10 heteroatoms. The van der Waals surface area contributed by atoms with Gasteiger partial charge in [-0.25, -0.2) is 9.78 Å². The molecular formula is C12H18N4O5P+. The molecule has 0 bridgehead atoms. The molecule has 1 atom stereocenters. The third-order valence-electron chi connectivity index (χ3n) is 3.42. The SMILES string of the molecule is CCn1cnc2c1c(=O)n(CCCCO[P+](=O)O)c(=O)n2C. The van der Waals surface area contributed by atoms with Crippen LogP contribution in [0.2, 0.25) is 0 Å². The number of fused-ring (bicyclic) bond motifs is 1. The fraction of sp³-hybridized carbons (Fsp3) is 0.583. The molecule has 0 aliphatic rings. The van der Waals surface area contributed by atoms with Crippen molar-refractivity contribution in [3.63, 3.8) is 0 Å². The lowest BCUT2D eigenvalue weighted by Crippen LogP contribution is -2.39. The quantitative estimate of drug-likeness (QED) is 0.580. The Bertz CT molecular complexity index is 806. The Balaban J connectivity index is 2.28. The second-order valence-corrected chi connectivity index (χ2v) is 5.51. The van der Waals surface area contributed by atoms with Crippen LogP contribution in [-0.2, 0) is 29.2 Å². The summed E-state index contributed by atoms with van der Waals surface area (Å²) in [6, 6.07) is 0. The maximum atomic E-state index is 12.5. The monoisotopic (exact) mass is 329 g/mol. The molecule has 0 aliphatic heterocycles. The fourth-order valence-corrected chi connectivity index (χ4v) is 2.56. The van der Waals surface area contributed by atoms with Crippen molar-refractivity contribution in [3.05, 3.63) is 27.2 Å². The van der Waals surface area contributed by atoms with Crippen LogP contribution in [0.1, 0.15) is 19.8 Å². The van der Waals surface area contributed by atoms with Crippen molar-refractivity contribution >= 4 is 19.4 Å². The summed E-state index contributed by atoms with van der Waals surface area (Å²) in [6.07, 6.45) is 2.51. The summed E-state index contributed by atoms with van der Waals surface area (Å²) in [6.45, 7) is 2.81. The summed E-state index contributed by atoms with van der Waals surface area (Å²) < 4.78 is 19.1. The summed E-state index contributed by atoms with van der Waals surface area (Å²) >= 11 is 0. The van der Waals surface area contributed by atoms with Crippen LogP contribution in [0.4, 0.5) is 0 Å². The topological polar surface area (TPSA) is 108 Å². The zero-order valence-electron chi connectivity index (χ0n) is 12.4. The molecule has 120 valence electrons. The Morgan fingerprint density at radius 1 is 1.36 bits per heavy atom. The molecule has 0 fully saturated rings. The molecule has 2 heterocycles. The van der Waals surface area contributed by atoms with E-state index in [0.717, 1.165) is 4.57 Å². The Morgan fingerprint density at radius 3 is 2.73 bits per heavy atom. The average Bonchev–Trinajstić information content (AvgIpc) is 2.91. The predicted octanol–water partition coefficient (Wildman–Crippen LogP) is 0.363. The third-order valence-corrected chi connectivity index (χ3v) is 3.82. The summed E-state index contributed by atoms with van der Waals surface area (Å²) in [5.41, 5.74) is -0.0207. The van der Waals surface area contributed by atoms with E-state index in [4.69, 9.17) is 4.89 Å². The lowest BCUT2D eigenvalue weighted by Gasteiger charge is -2.08. The number of rotatable bonds is 7. The van der Waals surface area contributed by atoms with E-state index in [-0.39, 0.29) is 18.7 Å². The normalized spacial score (nSPS) is 12.0. The van der Waals surface area contributed by atoms with E-state index in [1.165, 1.54) is 4.57 Å². The van der Waals surface area contributed by atoms with E-state index >= 15 is 0 Å². The van der Waals surface area contributed by atoms with Crippen LogP contribution in [0, 0.1) is 0 Å². The molecule has 0 saturated heterocycles. The first-order chi connectivity index (χ1) is 10.5. The molecular weight excluding hydrogens is 311 g/mol. The highest BCUT2D eigenvalue weighted by molar-refractivity contribution is 7.32. The first-order valence-corrected chi connectivity index (χ1v) is 8.04. The number of aromatic nitrogens is 4. The molecule has 1 N–H and O–H groups in total. The number of imidazole rings is 1. The van der Waals surface area contributed by atoms with Gasteiger partial charge in [-0.1, -0.05) is 0 Å². The summed E-state index contributed by atoms with van der Waals surface area (Å²) in [5, 5.41) is 0. The van der Waals surface area contributed by atoms with Gasteiger partial charge in [-0.2, -0.15) is 0 Å². The lowest BCUT2D eigenvalue weighted by atomic mass is 10.3. The Kier molecular flexibility index (Phi) is 5.23. The smallest absolute Gasteiger partial charge is 0.325 e. The van der Waals surface area contributed by atoms with Gasteiger partial charge in [0, 0.05) is 24.7 Å². The summed E-state index contributed by atoms with van der Waals surface area (Å²) in [5.74, 6) is 0. The average molecular weight is 329 g/mol. The summed E-state index contributed by atoms with van der Waals surface area (Å²) in [7, 11) is -1.03. The minimum Gasteiger partial charge on any atom is -0.325 e. The van der Waals surface area contributed by atoms with Gasteiger partial charge in [0.25, 0.3) is 5.56 Å². The first-order valence-electron chi connectivity index (χ1n) is 6.91. The highest BCUT2D eigenvalue weighted by Gasteiger charge is 2.15. The second-order valence-electron chi connectivity index (χ2n) is 4.78. The van der Waals surface area contributed by atoms with Crippen LogP contribution in [0.15, 0.2) is 15.9 Å². The number of hydrogen-bond donors (Lipinski definition) is 1. The van der Waals surface area contributed by atoms with Crippen molar-refractivity contribution in [3.8, 4) is 0 Å². The van der Waals surface area contributed by atoms with Crippen LogP contribution >= 0.6 is 8.25 Å². The minimum absolute atomic E-state index is 0.107. The van der Waals surface area contributed by atoms with Crippen molar-refractivity contribution in [2.45, 2.75) is 32.9 Å². The molecule has 22 heavy (non-hydrogen) atoms. The summed E-state index contributed by atoms with van der Waals surface area (Å²) in [4.78, 5) is 37.3. The maximum absolute atomic E-state index is 12.5. The first kappa shape index (κ1) is 16.5. The highest BCUT2D eigenvalue weighted by atomic mass is 31.1. The van der Waals surface area contributed by atoms with Gasteiger partial charge in [-0.05, 0) is 19.8 Å². The standard InChI is InChI=1S/C12H17N4O5P/c1-3-15-8-13-10-9(15)11(17)16(12(18)14(10)2)6-4-5-7-21-22(19)20/h8H,3-7H2,1-2H3/p+1. The molecule has 2 rings (SSSR count). The number of aryl methyl sites for hydroxylation is 2. The van der Waals surface area contributed by atoms with E-state index in [0.29, 0.717) is 30.6 Å². The van der Waals surface area contributed by atoms with Gasteiger partial charge in [0.15, 0.2) is 11.2 Å². The highest BCUT2D eigenvalue weighted by Crippen LogP contribution is 2.14. The van der Waals surface area contributed by atoms with Crippen molar-refractivity contribution in [1.29, 1.82) is 0 Å². The zero-order valence-corrected chi connectivity index (χ0v) is 13.3. The Morgan fingerprint density at radius 2 is 2.09 bits per heavy atom. The number of unbranched alkanes of at least 4 members (excludes halogenated alkanes) is 1. The molecule has 2 aromatic rings. The number of hydrogen-bond acceptors (Lipinski definition) is 5. The van der Waals surface area contributed by atoms with Gasteiger partial charge in [0.2, 0.25) is 0 Å². The van der Waals surface area contributed by atoms with E-state index in [1.54, 1.807) is 17.9 Å². The van der Waals surface area contributed by atoms with E-state index in [1.807, 2.05) is 6.92 Å². The van der Waals surface area contributed by atoms with Gasteiger partial charge in [-0.3, -0.25) is 13.9 Å². The van der Waals surface area contributed by atoms with Crippen molar-refractivity contribution < 1.29 is 14.0 Å². The van der Waals surface area contributed by atoms with Crippen LogP contribution in [0.5, 0.6) is 0 Å². The molecule has 1 unspecified atom stereocenters. The third kappa shape index (κ3) is 3.16. The largest absolute Gasteiger partial charge is 0.694 e. The lowest BCUT2D eigenvalue weighted by molar-refractivity contribution is 0.272.